The predicted molar refractivity (Wildman–Crippen MR) is 119 cm³/mol. The summed E-state index contributed by atoms with van der Waals surface area (Å²) in [5.74, 6) is 10.9. The first-order valence-corrected chi connectivity index (χ1v) is 11.0. The van der Waals surface area contributed by atoms with Crippen LogP contribution in [0.15, 0.2) is 24.3 Å². The van der Waals surface area contributed by atoms with E-state index in [4.69, 9.17) is 9.47 Å². The van der Waals surface area contributed by atoms with Crippen molar-refractivity contribution in [2.45, 2.75) is 74.9 Å². The molecule has 0 bridgehead atoms. The fraction of sp³-hybridized carbons (Fsp3) is 0.583. The van der Waals surface area contributed by atoms with Crippen LogP contribution in [0.3, 0.4) is 0 Å². The highest BCUT2D eigenvalue weighted by Crippen LogP contribution is 2.22. The van der Waals surface area contributed by atoms with Crippen molar-refractivity contribution in [3.05, 3.63) is 35.4 Å². The van der Waals surface area contributed by atoms with Gasteiger partial charge in [-0.15, -0.1) is 0 Å². The normalized spacial score (nSPS) is 37.2. The maximum atomic E-state index is 10.0. The van der Waals surface area contributed by atoms with E-state index < -0.39 is 74.3 Å². The van der Waals surface area contributed by atoms with E-state index in [1.807, 2.05) is 13.8 Å². The van der Waals surface area contributed by atoms with Gasteiger partial charge in [0.25, 0.3) is 0 Å². The van der Waals surface area contributed by atoms with Crippen LogP contribution >= 0.6 is 0 Å². The van der Waals surface area contributed by atoms with E-state index in [0.717, 1.165) is 0 Å². The molecule has 3 rings (SSSR count). The zero-order chi connectivity index (χ0) is 25.4. The molecule has 0 aromatic heterocycles. The van der Waals surface area contributed by atoms with Crippen LogP contribution in [-0.2, 0) is 9.47 Å². The van der Waals surface area contributed by atoms with Gasteiger partial charge in [-0.05, 0) is 24.3 Å². The van der Waals surface area contributed by atoms with Crippen molar-refractivity contribution in [3.63, 3.8) is 0 Å². The highest BCUT2D eigenvalue weighted by Gasteiger charge is 2.43. The number of aliphatic hydroxyl groups is 8. The van der Waals surface area contributed by atoms with Crippen molar-refractivity contribution in [1.29, 1.82) is 0 Å². The van der Waals surface area contributed by atoms with Crippen LogP contribution in [0.25, 0.3) is 0 Å². The molecule has 2 aliphatic heterocycles. The quantitative estimate of drug-likeness (QED) is 0.205. The molecule has 1 aromatic rings. The average molecular weight is 481 g/mol. The third-order valence-corrected chi connectivity index (χ3v) is 5.39. The van der Waals surface area contributed by atoms with Crippen LogP contribution in [0.4, 0.5) is 0 Å². The van der Waals surface area contributed by atoms with E-state index in [9.17, 15) is 40.9 Å². The Bertz CT molecular complexity index is 806. The van der Waals surface area contributed by atoms with E-state index >= 15 is 0 Å². The SMILES string of the molecule is CC.OCC1OC(C#Cc2ccc(C#CC3OC(CO)[C@@H](O)C(O)C3O)cc2)C(O)C(O)[C@@H]1O. The Labute approximate surface area is 198 Å². The van der Waals surface area contributed by atoms with Gasteiger partial charge in [-0.1, -0.05) is 37.5 Å². The van der Waals surface area contributed by atoms with Crippen molar-refractivity contribution in [2.24, 2.45) is 0 Å². The molecule has 0 amide bonds. The van der Waals surface area contributed by atoms with Crippen LogP contribution in [0.2, 0.25) is 0 Å². The summed E-state index contributed by atoms with van der Waals surface area (Å²) in [6.07, 6.45) is -13.1. The summed E-state index contributed by atoms with van der Waals surface area (Å²) in [5, 5.41) is 77.6. The number of ether oxygens (including phenoxy) is 2. The number of benzene rings is 1. The van der Waals surface area contributed by atoms with Crippen LogP contribution in [0, 0.1) is 23.7 Å². The molecule has 10 heteroatoms. The maximum absolute atomic E-state index is 10.0. The minimum atomic E-state index is -1.50. The zero-order valence-electron chi connectivity index (χ0n) is 18.9. The highest BCUT2D eigenvalue weighted by atomic mass is 16.5. The lowest BCUT2D eigenvalue weighted by molar-refractivity contribution is -0.214. The van der Waals surface area contributed by atoms with Gasteiger partial charge < -0.3 is 50.3 Å². The largest absolute Gasteiger partial charge is 0.394 e. The summed E-state index contributed by atoms with van der Waals surface area (Å²) >= 11 is 0. The van der Waals surface area contributed by atoms with Gasteiger partial charge in [0.2, 0.25) is 0 Å². The number of hydrogen-bond donors (Lipinski definition) is 8. The topological polar surface area (TPSA) is 180 Å². The molecule has 2 aliphatic rings. The molecule has 8 unspecified atom stereocenters. The van der Waals surface area contributed by atoms with Crippen molar-refractivity contribution in [2.75, 3.05) is 13.2 Å². The van der Waals surface area contributed by atoms with Crippen molar-refractivity contribution in [3.8, 4) is 23.7 Å². The third-order valence-electron chi connectivity index (χ3n) is 5.39. The third kappa shape index (κ3) is 6.54. The Morgan fingerprint density at radius 1 is 0.588 bits per heavy atom. The van der Waals surface area contributed by atoms with E-state index in [1.54, 1.807) is 24.3 Å². The lowest BCUT2D eigenvalue weighted by atomic mass is 9.95. The van der Waals surface area contributed by atoms with Gasteiger partial charge in [-0.25, -0.2) is 0 Å². The number of aliphatic hydroxyl groups excluding tert-OH is 8. The second-order valence-electron chi connectivity index (χ2n) is 7.61. The van der Waals surface area contributed by atoms with Crippen molar-refractivity contribution >= 4 is 0 Å². The Morgan fingerprint density at radius 3 is 1.21 bits per heavy atom. The first kappa shape index (κ1) is 28.2. The van der Waals surface area contributed by atoms with Gasteiger partial charge in [-0.3, -0.25) is 0 Å². The Hall–Kier alpha value is -2.06. The minimum absolute atomic E-state index is 0.537. The Kier molecular flexibility index (Phi) is 10.9. The van der Waals surface area contributed by atoms with Gasteiger partial charge in [0.1, 0.15) is 61.0 Å². The standard InChI is InChI=1S/C22H26O10.C2H6/c23-9-15-19(27)21(29)17(25)13(31-15)7-5-11-1-2-12(4-3-11)6-8-14-18(26)22(30)20(28)16(10-24)32-14;1-2/h1-4,13-30H,9-10H2;1-2H3/t13?,14?,15?,16?,17?,18?,19-,20-,21?,22?;/m1./s1. The maximum Gasteiger partial charge on any atom is 0.147 e. The Morgan fingerprint density at radius 2 is 0.912 bits per heavy atom. The number of hydrogen-bond acceptors (Lipinski definition) is 10. The summed E-state index contributed by atoms with van der Waals surface area (Å²) < 4.78 is 10.7. The molecule has 1 aromatic carbocycles. The summed E-state index contributed by atoms with van der Waals surface area (Å²) in [5.41, 5.74) is 1.08. The Balaban J connectivity index is 0.00000199. The summed E-state index contributed by atoms with van der Waals surface area (Å²) in [6, 6.07) is 6.53. The lowest BCUT2D eigenvalue weighted by Crippen LogP contribution is -2.58. The zero-order valence-corrected chi connectivity index (χ0v) is 18.9. The van der Waals surface area contributed by atoms with Crippen LogP contribution in [-0.4, -0.2) is 115 Å². The molecule has 188 valence electrons. The fourth-order valence-electron chi connectivity index (χ4n) is 3.39. The monoisotopic (exact) mass is 480 g/mol. The molecule has 0 aliphatic carbocycles. The van der Waals surface area contributed by atoms with E-state index in [-0.39, 0.29) is 0 Å². The number of rotatable bonds is 2. The van der Waals surface area contributed by atoms with Crippen molar-refractivity contribution < 1.29 is 50.3 Å². The minimum Gasteiger partial charge on any atom is -0.394 e. The van der Waals surface area contributed by atoms with Crippen LogP contribution < -0.4 is 0 Å². The van der Waals surface area contributed by atoms with Gasteiger partial charge in [0.05, 0.1) is 13.2 Å². The molecule has 0 saturated carbocycles. The summed E-state index contributed by atoms with van der Waals surface area (Å²) in [6.45, 7) is 2.93. The molecule has 10 atom stereocenters. The molecule has 8 N–H and O–H groups in total. The summed E-state index contributed by atoms with van der Waals surface area (Å²) in [7, 11) is 0. The molecule has 0 radical (unpaired) electrons. The predicted octanol–water partition coefficient (Wildman–Crippen LogP) is -2.90. The first-order chi connectivity index (χ1) is 16.3. The average Bonchev–Trinajstić information content (AvgIpc) is 2.87. The van der Waals surface area contributed by atoms with Crippen LogP contribution in [0.5, 0.6) is 0 Å². The van der Waals surface area contributed by atoms with E-state index in [1.165, 1.54) is 0 Å². The van der Waals surface area contributed by atoms with E-state index in [0.29, 0.717) is 11.1 Å². The second kappa shape index (κ2) is 13.1. The fourth-order valence-corrected chi connectivity index (χ4v) is 3.39. The van der Waals surface area contributed by atoms with Gasteiger partial charge in [0.15, 0.2) is 0 Å². The molecule has 2 saturated heterocycles. The van der Waals surface area contributed by atoms with Gasteiger partial charge >= 0.3 is 0 Å². The van der Waals surface area contributed by atoms with E-state index in [2.05, 4.69) is 23.7 Å². The van der Waals surface area contributed by atoms with Gasteiger partial charge in [0, 0.05) is 11.1 Å². The smallest absolute Gasteiger partial charge is 0.147 e. The second-order valence-corrected chi connectivity index (χ2v) is 7.61. The molecule has 0 spiro atoms. The first-order valence-electron chi connectivity index (χ1n) is 11.0. The molecule has 2 fully saturated rings. The van der Waals surface area contributed by atoms with Gasteiger partial charge in [-0.2, -0.15) is 0 Å². The summed E-state index contributed by atoms with van der Waals surface area (Å²) in [4.78, 5) is 0. The van der Waals surface area contributed by atoms with Crippen LogP contribution in [0.1, 0.15) is 25.0 Å². The highest BCUT2D eigenvalue weighted by molar-refractivity contribution is 5.43. The molecule has 34 heavy (non-hydrogen) atoms. The molecule has 10 nitrogen and oxygen atoms in total. The van der Waals surface area contributed by atoms with Crippen molar-refractivity contribution in [1.82, 2.24) is 0 Å². The molecule has 2 heterocycles. The lowest BCUT2D eigenvalue weighted by Gasteiger charge is -2.37. The molecular weight excluding hydrogens is 448 g/mol. The molecular formula is C24H32O10.